The number of nitrogens with zero attached hydrogens (tertiary/aromatic N) is 3. The molecule has 2 atom stereocenters. The third kappa shape index (κ3) is 6.08. The maximum absolute atomic E-state index is 13.8. The number of carbonyl (C=O) groups excluding carboxylic acids is 2. The van der Waals surface area contributed by atoms with Crippen LogP contribution < -0.4 is 10.1 Å². The van der Waals surface area contributed by atoms with Gasteiger partial charge in [0.25, 0.3) is 5.91 Å². The number of amides is 2. The molecule has 2 fully saturated rings. The summed E-state index contributed by atoms with van der Waals surface area (Å²) in [6.07, 6.45) is 0.650. The lowest BCUT2D eigenvalue weighted by molar-refractivity contribution is -0.135. The Labute approximate surface area is 215 Å². The summed E-state index contributed by atoms with van der Waals surface area (Å²) < 4.78 is 5.36. The summed E-state index contributed by atoms with van der Waals surface area (Å²) in [4.78, 5) is 33.7. The number of hydrogen-bond acceptors (Lipinski definition) is 5. The van der Waals surface area contributed by atoms with Crippen LogP contribution in [0.4, 0.5) is 0 Å². The third-order valence-corrected chi connectivity index (χ3v) is 7.32. The fourth-order valence-electron chi connectivity index (χ4n) is 5.37. The fourth-order valence-corrected chi connectivity index (χ4v) is 5.37. The van der Waals surface area contributed by atoms with Crippen molar-refractivity contribution in [1.29, 1.82) is 0 Å². The van der Waals surface area contributed by atoms with Gasteiger partial charge in [-0.1, -0.05) is 44.2 Å². The van der Waals surface area contributed by atoms with Crippen LogP contribution in [0.15, 0.2) is 48.5 Å². The first-order valence-corrected chi connectivity index (χ1v) is 13.1. The molecule has 2 aromatic carbocycles. The highest BCUT2D eigenvalue weighted by Crippen LogP contribution is 2.29. The molecule has 2 saturated heterocycles. The molecule has 0 saturated carbocycles. The zero-order chi connectivity index (χ0) is 25.7. The number of likely N-dealkylation sites (tertiary alicyclic amines) is 1. The summed E-state index contributed by atoms with van der Waals surface area (Å²) in [6, 6.07) is 15.4. The lowest BCUT2D eigenvalue weighted by Crippen LogP contribution is -2.53. The molecule has 0 radical (unpaired) electrons. The van der Waals surface area contributed by atoms with Gasteiger partial charge in [-0.25, -0.2) is 0 Å². The fraction of sp³-hybridized carbons (Fsp3) is 0.517. The third-order valence-electron chi connectivity index (χ3n) is 7.32. The monoisotopic (exact) mass is 492 g/mol. The smallest absolute Gasteiger partial charge is 0.254 e. The van der Waals surface area contributed by atoms with Gasteiger partial charge < -0.3 is 19.9 Å². The minimum Gasteiger partial charge on any atom is -0.497 e. The SMILES string of the molecule is COc1cccc(C(=O)N2CC(N(Cc3ccccc3C)CC(C)C)CC2C(=O)N2CCNCC2)c1. The number of carbonyl (C=O) groups is 2. The van der Waals surface area contributed by atoms with Crippen LogP contribution in [-0.4, -0.2) is 85.0 Å². The molecule has 7 heteroatoms. The Morgan fingerprint density at radius 2 is 1.86 bits per heavy atom. The molecule has 1 N–H and O–H groups in total. The molecule has 2 aliphatic rings. The van der Waals surface area contributed by atoms with E-state index >= 15 is 0 Å². The Balaban J connectivity index is 1.62. The van der Waals surface area contributed by atoms with E-state index in [-0.39, 0.29) is 17.9 Å². The summed E-state index contributed by atoms with van der Waals surface area (Å²) >= 11 is 0. The number of methoxy groups -OCH3 is 1. The van der Waals surface area contributed by atoms with Crippen molar-refractivity contribution in [3.63, 3.8) is 0 Å². The van der Waals surface area contributed by atoms with E-state index in [0.717, 1.165) is 26.2 Å². The Hall–Kier alpha value is -2.90. The summed E-state index contributed by atoms with van der Waals surface area (Å²) in [7, 11) is 1.60. The van der Waals surface area contributed by atoms with Gasteiger partial charge in [-0.3, -0.25) is 14.5 Å². The second-order valence-electron chi connectivity index (χ2n) is 10.4. The quantitative estimate of drug-likeness (QED) is 0.613. The van der Waals surface area contributed by atoms with E-state index in [1.165, 1.54) is 11.1 Å². The van der Waals surface area contributed by atoms with E-state index in [1.807, 2.05) is 28.0 Å². The molecule has 4 rings (SSSR count). The zero-order valence-electron chi connectivity index (χ0n) is 22.1. The Bertz CT molecular complexity index is 1050. The Kier molecular flexibility index (Phi) is 8.64. The summed E-state index contributed by atoms with van der Waals surface area (Å²) in [5.74, 6) is 1.07. The molecule has 2 aromatic rings. The summed E-state index contributed by atoms with van der Waals surface area (Å²) in [5.41, 5.74) is 3.12. The van der Waals surface area contributed by atoms with E-state index in [4.69, 9.17) is 4.74 Å². The Morgan fingerprint density at radius 3 is 2.56 bits per heavy atom. The summed E-state index contributed by atoms with van der Waals surface area (Å²) in [6.45, 7) is 11.8. The molecule has 2 aliphatic heterocycles. The normalized spacial score (nSPS) is 20.3. The van der Waals surface area contributed by atoms with E-state index in [1.54, 1.807) is 13.2 Å². The highest BCUT2D eigenvalue weighted by molar-refractivity contribution is 5.98. The van der Waals surface area contributed by atoms with Gasteiger partial charge >= 0.3 is 0 Å². The number of piperazine rings is 1. The van der Waals surface area contributed by atoms with Crippen molar-refractivity contribution in [1.82, 2.24) is 20.0 Å². The second-order valence-corrected chi connectivity index (χ2v) is 10.4. The van der Waals surface area contributed by atoms with Crippen molar-refractivity contribution >= 4 is 11.8 Å². The van der Waals surface area contributed by atoms with Gasteiger partial charge in [-0.15, -0.1) is 0 Å². The molecule has 2 heterocycles. The second kappa shape index (κ2) is 11.9. The zero-order valence-corrected chi connectivity index (χ0v) is 22.1. The van der Waals surface area contributed by atoms with Crippen LogP contribution >= 0.6 is 0 Å². The van der Waals surface area contributed by atoms with Gasteiger partial charge in [-0.2, -0.15) is 0 Å². The topological polar surface area (TPSA) is 65.1 Å². The summed E-state index contributed by atoms with van der Waals surface area (Å²) in [5, 5.41) is 3.32. The first kappa shape index (κ1) is 26.2. The molecule has 0 aliphatic carbocycles. The molecule has 0 spiro atoms. The molecule has 194 valence electrons. The van der Waals surface area contributed by atoms with E-state index in [0.29, 0.717) is 43.3 Å². The van der Waals surface area contributed by atoms with Gasteiger partial charge in [0.15, 0.2) is 0 Å². The van der Waals surface area contributed by atoms with Gasteiger partial charge in [0.05, 0.1) is 7.11 Å². The van der Waals surface area contributed by atoms with Gasteiger partial charge in [0, 0.05) is 57.4 Å². The lowest BCUT2D eigenvalue weighted by atomic mass is 10.0. The number of hydrogen-bond donors (Lipinski definition) is 1. The van der Waals surface area contributed by atoms with Crippen molar-refractivity contribution in [2.75, 3.05) is 46.4 Å². The Morgan fingerprint density at radius 1 is 1.11 bits per heavy atom. The predicted octanol–water partition coefficient (Wildman–Crippen LogP) is 3.18. The number of ether oxygens (including phenoxy) is 1. The van der Waals surface area contributed by atoms with Crippen molar-refractivity contribution in [3.8, 4) is 5.75 Å². The minimum absolute atomic E-state index is 0.0654. The van der Waals surface area contributed by atoms with E-state index < -0.39 is 6.04 Å². The first-order valence-electron chi connectivity index (χ1n) is 13.1. The highest BCUT2D eigenvalue weighted by atomic mass is 16.5. The number of rotatable bonds is 8. The number of nitrogens with one attached hydrogen (secondary N) is 1. The predicted molar refractivity (Wildman–Crippen MR) is 142 cm³/mol. The molecule has 2 unspecified atom stereocenters. The standard InChI is InChI=1S/C29H40N4O3/c1-21(2)18-32(19-24-9-6-5-8-22(24)3)25-17-27(29(35)31-14-12-30-13-15-31)33(20-25)28(34)23-10-7-11-26(16-23)36-4/h5-11,16,21,25,27,30H,12-15,17-20H2,1-4H3. The maximum Gasteiger partial charge on any atom is 0.254 e. The average Bonchev–Trinajstić information content (AvgIpc) is 3.34. The largest absolute Gasteiger partial charge is 0.497 e. The molecule has 36 heavy (non-hydrogen) atoms. The van der Waals surface area contributed by atoms with E-state index in [2.05, 4.69) is 55.3 Å². The van der Waals surface area contributed by atoms with Crippen LogP contribution in [0.5, 0.6) is 5.75 Å². The van der Waals surface area contributed by atoms with Gasteiger partial charge in [-0.05, 0) is 48.6 Å². The van der Waals surface area contributed by atoms with Gasteiger partial charge in [0.1, 0.15) is 11.8 Å². The number of benzene rings is 2. The lowest BCUT2D eigenvalue weighted by Gasteiger charge is -2.32. The van der Waals surface area contributed by atoms with Crippen molar-refractivity contribution in [2.45, 2.75) is 45.8 Å². The molecule has 2 amide bonds. The minimum atomic E-state index is -0.460. The van der Waals surface area contributed by atoms with Crippen molar-refractivity contribution in [3.05, 3.63) is 65.2 Å². The van der Waals surface area contributed by atoms with Crippen LogP contribution in [0.25, 0.3) is 0 Å². The molecular formula is C29H40N4O3. The van der Waals surface area contributed by atoms with Crippen LogP contribution in [0.2, 0.25) is 0 Å². The van der Waals surface area contributed by atoms with Gasteiger partial charge in [0.2, 0.25) is 5.91 Å². The first-order chi connectivity index (χ1) is 17.4. The number of aryl methyl sites for hydroxylation is 1. The molecule has 7 nitrogen and oxygen atoms in total. The van der Waals surface area contributed by atoms with Crippen LogP contribution in [0, 0.1) is 12.8 Å². The van der Waals surface area contributed by atoms with Crippen LogP contribution in [-0.2, 0) is 11.3 Å². The van der Waals surface area contributed by atoms with Crippen LogP contribution in [0.3, 0.4) is 0 Å². The average molecular weight is 493 g/mol. The van der Waals surface area contributed by atoms with Crippen molar-refractivity contribution < 1.29 is 14.3 Å². The molecular weight excluding hydrogens is 452 g/mol. The van der Waals surface area contributed by atoms with Crippen molar-refractivity contribution in [2.24, 2.45) is 5.92 Å². The maximum atomic E-state index is 13.8. The van der Waals surface area contributed by atoms with Crippen LogP contribution in [0.1, 0.15) is 41.8 Å². The molecule has 0 aromatic heterocycles. The highest BCUT2D eigenvalue weighted by Gasteiger charge is 2.43. The van der Waals surface area contributed by atoms with E-state index in [9.17, 15) is 9.59 Å². The molecule has 0 bridgehead atoms.